The van der Waals surface area contributed by atoms with Crippen LogP contribution in [0.15, 0.2) is 42.5 Å². The van der Waals surface area contributed by atoms with E-state index in [4.69, 9.17) is 9.47 Å². The van der Waals surface area contributed by atoms with Crippen molar-refractivity contribution in [2.75, 3.05) is 12.4 Å². The number of ketones is 1. The molecule has 0 saturated heterocycles. The van der Waals surface area contributed by atoms with Gasteiger partial charge in [-0.25, -0.2) is 9.18 Å². The first-order valence-corrected chi connectivity index (χ1v) is 7.78. The number of rotatable bonds is 6. The number of hydrogen-bond donors (Lipinski definition) is 1. The molecule has 0 aliphatic rings. The Labute approximate surface area is 149 Å². The number of carbonyl (C=O) groups excluding carboxylic acids is 3. The third kappa shape index (κ3) is 4.66. The molecule has 7 heteroatoms. The van der Waals surface area contributed by atoms with Gasteiger partial charge in [-0.15, -0.1) is 0 Å². The summed E-state index contributed by atoms with van der Waals surface area (Å²) >= 11 is 0. The highest BCUT2D eigenvalue weighted by Gasteiger charge is 2.23. The lowest BCUT2D eigenvalue weighted by molar-refractivity contribution is -0.114. The molecule has 0 fully saturated rings. The summed E-state index contributed by atoms with van der Waals surface area (Å²) in [6.07, 6.45) is -1.08. The summed E-state index contributed by atoms with van der Waals surface area (Å²) in [7, 11) is 1.34. The molecule has 0 spiro atoms. The van der Waals surface area contributed by atoms with E-state index >= 15 is 0 Å². The lowest BCUT2D eigenvalue weighted by atomic mass is 10.1. The van der Waals surface area contributed by atoms with Crippen LogP contribution in [0, 0.1) is 5.82 Å². The van der Waals surface area contributed by atoms with Gasteiger partial charge in [0.2, 0.25) is 11.7 Å². The van der Waals surface area contributed by atoms with Gasteiger partial charge in [-0.05, 0) is 49.4 Å². The van der Waals surface area contributed by atoms with Crippen molar-refractivity contribution in [2.45, 2.75) is 20.0 Å². The summed E-state index contributed by atoms with van der Waals surface area (Å²) in [6, 6.07) is 9.61. The van der Waals surface area contributed by atoms with Crippen LogP contribution in [0.3, 0.4) is 0 Å². The van der Waals surface area contributed by atoms with Crippen molar-refractivity contribution in [3.8, 4) is 5.75 Å². The minimum absolute atomic E-state index is 0.104. The lowest BCUT2D eigenvalue weighted by Crippen LogP contribution is -2.24. The van der Waals surface area contributed by atoms with Crippen LogP contribution in [-0.4, -0.2) is 30.9 Å². The molecule has 0 aliphatic carbocycles. The number of methoxy groups -OCH3 is 1. The predicted molar refractivity (Wildman–Crippen MR) is 92.9 cm³/mol. The third-order valence-corrected chi connectivity index (χ3v) is 3.52. The van der Waals surface area contributed by atoms with E-state index in [1.165, 1.54) is 39.2 Å². The Kier molecular flexibility index (Phi) is 6.06. The Morgan fingerprint density at radius 2 is 1.73 bits per heavy atom. The van der Waals surface area contributed by atoms with Crippen molar-refractivity contribution in [1.82, 2.24) is 0 Å². The van der Waals surface area contributed by atoms with E-state index in [1.54, 1.807) is 12.1 Å². The van der Waals surface area contributed by atoms with E-state index in [-0.39, 0.29) is 17.2 Å². The van der Waals surface area contributed by atoms with E-state index in [9.17, 15) is 18.8 Å². The molecule has 26 heavy (non-hydrogen) atoms. The van der Waals surface area contributed by atoms with Crippen LogP contribution in [0.25, 0.3) is 0 Å². The van der Waals surface area contributed by atoms with E-state index in [0.29, 0.717) is 11.3 Å². The van der Waals surface area contributed by atoms with Gasteiger partial charge in [0.25, 0.3) is 0 Å². The molecular formula is C19H18FNO5. The van der Waals surface area contributed by atoms with Crippen molar-refractivity contribution in [1.29, 1.82) is 0 Å². The molecule has 0 bridgehead atoms. The van der Waals surface area contributed by atoms with Gasteiger partial charge in [0.1, 0.15) is 17.1 Å². The van der Waals surface area contributed by atoms with Crippen LogP contribution >= 0.6 is 0 Å². The lowest BCUT2D eigenvalue weighted by Gasteiger charge is -2.14. The van der Waals surface area contributed by atoms with Crippen LogP contribution in [0.5, 0.6) is 5.75 Å². The standard InChI is InChI=1S/C19H18FNO5/c1-11(18(23)13-4-7-15(8-5-13)21-12(2)22)26-19(24)16-10-14(20)6-9-17(16)25-3/h4-11H,1-3H3,(H,21,22). The van der Waals surface area contributed by atoms with E-state index in [1.807, 2.05) is 0 Å². The number of halogens is 1. The van der Waals surface area contributed by atoms with Gasteiger partial charge in [-0.1, -0.05) is 0 Å². The molecule has 0 saturated carbocycles. The second-order valence-electron chi connectivity index (χ2n) is 5.51. The second kappa shape index (κ2) is 8.24. The largest absolute Gasteiger partial charge is 0.496 e. The smallest absolute Gasteiger partial charge is 0.342 e. The number of anilines is 1. The molecule has 1 atom stereocenters. The molecule has 1 unspecified atom stereocenters. The minimum atomic E-state index is -1.08. The molecule has 0 heterocycles. The monoisotopic (exact) mass is 359 g/mol. The number of esters is 1. The van der Waals surface area contributed by atoms with Gasteiger partial charge in [0.05, 0.1) is 7.11 Å². The van der Waals surface area contributed by atoms with E-state index < -0.39 is 23.7 Å². The topological polar surface area (TPSA) is 81.7 Å². The zero-order chi connectivity index (χ0) is 19.3. The Morgan fingerprint density at radius 1 is 1.08 bits per heavy atom. The van der Waals surface area contributed by atoms with Gasteiger partial charge in [-0.3, -0.25) is 9.59 Å². The molecule has 6 nitrogen and oxygen atoms in total. The van der Waals surface area contributed by atoms with Crippen LogP contribution in [0.2, 0.25) is 0 Å². The molecule has 2 aromatic rings. The highest BCUT2D eigenvalue weighted by atomic mass is 19.1. The summed E-state index contributed by atoms with van der Waals surface area (Å²) in [5, 5.41) is 2.59. The van der Waals surface area contributed by atoms with Gasteiger partial charge < -0.3 is 14.8 Å². The first kappa shape index (κ1) is 19.1. The molecule has 0 aliphatic heterocycles. The van der Waals surface area contributed by atoms with Crippen LogP contribution in [-0.2, 0) is 9.53 Å². The predicted octanol–water partition coefficient (Wildman–Crippen LogP) is 3.22. The van der Waals surface area contributed by atoms with Crippen LogP contribution in [0.4, 0.5) is 10.1 Å². The van der Waals surface area contributed by atoms with Crippen LogP contribution < -0.4 is 10.1 Å². The Hall–Kier alpha value is -3.22. The fourth-order valence-corrected chi connectivity index (χ4v) is 2.27. The first-order valence-electron chi connectivity index (χ1n) is 7.78. The van der Waals surface area contributed by atoms with Gasteiger partial charge >= 0.3 is 5.97 Å². The molecular weight excluding hydrogens is 341 g/mol. The normalized spacial score (nSPS) is 11.4. The molecule has 136 valence electrons. The number of nitrogens with one attached hydrogen (secondary N) is 1. The molecule has 1 N–H and O–H groups in total. The Morgan fingerprint density at radius 3 is 2.31 bits per heavy atom. The number of ether oxygens (including phenoxy) is 2. The summed E-state index contributed by atoms with van der Waals surface area (Å²) in [5.74, 6) is -1.99. The second-order valence-corrected chi connectivity index (χ2v) is 5.51. The summed E-state index contributed by atoms with van der Waals surface area (Å²) < 4.78 is 23.5. The molecule has 0 radical (unpaired) electrons. The average molecular weight is 359 g/mol. The zero-order valence-corrected chi connectivity index (χ0v) is 14.5. The highest BCUT2D eigenvalue weighted by molar-refractivity contribution is 6.02. The molecule has 2 aromatic carbocycles. The van der Waals surface area contributed by atoms with Gasteiger partial charge in [0.15, 0.2) is 6.10 Å². The third-order valence-electron chi connectivity index (χ3n) is 3.52. The number of Topliss-reactive ketones (excluding diaryl/α,β-unsaturated/α-hetero) is 1. The van der Waals surface area contributed by atoms with Crippen LogP contribution in [0.1, 0.15) is 34.6 Å². The minimum Gasteiger partial charge on any atom is -0.496 e. The van der Waals surface area contributed by atoms with Gasteiger partial charge in [-0.2, -0.15) is 0 Å². The number of benzene rings is 2. The quantitative estimate of drug-likeness (QED) is 0.633. The maximum Gasteiger partial charge on any atom is 0.342 e. The fraction of sp³-hybridized carbons (Fsp3) is 0.211. The van der Waals surface area contributed by atoms with Crippen molar-refractivity contribution < 1.29 is 28.2 Å². The molecule has 2 rings (SSSR count). The maximum atomic E-state index is 13.4. The van der Waals surface area contributed by atoms with Crippen molar-refractivity contribution in [2.24, 2.45) is 0 Å². The van der Waals surface area contributed by atoms with E-state index in [0.717, 1.165) is 12.1 Å². The van der Waals surface area contributed by atoms with Crippen molar-refractivity contribution in [3.05, 3.63) is 59.4 Å². The highest BCUT2D eigenvalue weighted by Crippen LogP contribution is 2.21. The number of amides is 1. The number of hydrogen-bond acceptors (Lipinski definition) is 5. The van der Waals surface area contributed by atoms with E-state index in [2.05, 4.69) is 5.32 Å². The van der Waals surface area contributed by atoms with Crippen molar-refractivity contribution >= 4 is 23.3 Å². The number of carbonyl (C=O) groups is 3. The molecule has 0 aromatic heterocycles. The average Bonchev–Trinajstić information content (AvgIpc) is 2.61. The first-order chi connectivity index (χ1) is 12.3. The summed E-state index contributed by atoms with van der Waals surface area (Å²) in [5.41, 5.74) is 0.752. The maximum absolute atomic E-state index is 13.4. The Balaban J connectivity index is 2.10. The zero-order valence-electron chi connectivity index (χ0n) is 14.5. The van der Waals surface area contributed by atoms with Gasteiger partial charge in [0, 0.05) is 18.2 Å². The Bertz CT molecular complexity index is 832. The fourth-order valence-electron chi connectivity index (χ4n) is 2.27. The molecule has 1 amide bonds. The van der Waals surface area contributed by atoms with Crippen molar-refractivity contribution in [3.63, 3.8) is 0 Å². The summed E-state index contributed by atoms with van der Waals surface area (Å²) in [4.78, 5) is 35.6. The summed E-state index contributed by atoms with van der Waals surface area (Å²) in [6.45, 7) is 2.80. The SMILES string of the molecule is COc1ccc(F)cc1C(=O)OC(C)C(=O)c1ccc(NC(C)=O)cc1.